The van der Waals surface area contributed by atoms with Crippen LogP contribution in [0.3, 0.4) is 0 Å². The summed E-state index contributed by atoms with van der Waals surface area (Å²) in [7, 11) is 0. The van der Waals surface area contributed by atoms with E-state index in [1.807, 2.05) is 37.3 Å². The summed E-state index contributed by atoms with van der Waals surface area (Å²) in [5.41, 5.74) is 0.957. The molecule has 0 aromatic heterocycles. The Morgan fingerprint density at radius 2 is 1.95 bits per heavy atom. The van der Waals surface area contributed by atoms with Crippen LogP contribution in [0.5, 0.6) is 0 Å². The maximum atomic E-state index is 12.6. The van der Waals surface area contributed by atoms with Gasteiger partial charge in [-0.25, -0.2) is 0 Å². The Balaban J connectivity index is 2.10. The fourth-order valence-corrected chi connectivity index (χ4v) is 2.95. The second-order valence-corrected chi connectivity index (χ2v) is 5.94. The summed E-state index contributed by atoms with van der Waals surface area (Å²) in [4.78, 5) is 12.6. The number of hydrogen-bond acceptors (Lipinski definition) is 3. The molecule has 0 bridgehead atoms. The summed E-state index contributed by atoms with van der Waals surface area (Å²) in [6, 6.07) is 11.5. The lowest BCUT2D eigenvalue weighted by Gasteiger charge is -2.28. The molecule has 4 heteroatoms. The summed E-state index contributed by atoms with van der Waals surface area (Å²) in [5.74, 6) is -0.106. The molecule has 1 aromatic rings. The lowest BCUT2D eigenvalue weighted by Crippen LogP contribution is -2.45. The second-order valence-electron chi connectivity index (χ2n) is 5.94. The third-order valence-corrected chi connectivity index (χ3v) is 4.28. The third-order valence-electron chi connectivity index (χ3n) is 4.28. The van der Waals surface area contributed by atoms with Gasteiger partial charge in [0.2, 0.25) is 5.91 Å². The second kappa shape index (κ2) is 8.55. The lowest BCUT2D eigenvalue weighted by atomic mass is 9.93. The monoisotopic (exact) mass is 299 g/mol. The predicted molar refractivity (Wildman–Crippen MR) is 87.0 cm³/mol. The average molecular weight is 299 g/mol. The van der Waals surface area contributed by atoms with Crippen LogP contribution in [0.1, 0.15) is 57.1 Å². The number of rotatable bonds is 6. The molecular formula is C18H25N3O. The minimum Gasteiger partial charge on any atom is -0.339 e. The number of amides is 1. The Morgan fingerprint density at radius 3 is 2.55 bits per heavy atom. The first-order valence-electron chi connectivity index (χ1n) is 8.25. The van der Waals surface area contributed by atoms with Crippen LogP contribution in [0.2, 0.25) is 0 Å². The zero-order valence-electron chi connectivity index (χ0n) is 13.2. The van der Waals surface area contributed by atoms with E-state index in [2.05, 4.69) is 16.7 Å². The van der Waals surface area contributed by atoms with E-state index in [1.54, 1.807) is 0 Å². The van der Waals surface area contributed by atoms with Gasteiger partial charge in [-0.1, -0.05) is 56.5 Å². The van der Waals surface area contributed by atoms with Gasteiger partial charge >= 0.3 is 0 Å². The van der Waals surface area contributed by atoms with Crippen molar-refractivity contribution < 1.29 is 4.79 Å². The zero-order valence-corrected chi connectivity index (χ0v) is 13.2. The van der Waals surface area contributed by atoms with E-state index in [4.69, 9.17) is 5.26 Å². The summed E-state index contributed by atoms with van der Waals surface area (Å²) in [6.07, 6.45) is 6.57. The fourth-order valence-electron chi connectivity index (χ4n) is 2.95. The van der Waals surface area contributed by atoms with E-state index in [0.717, 1.165) is 18.4 Å². The summed E-state index contributed by atoms with van der Waals surface area (Å²) in [5, 5.41) is 15.4. The normalized spacial score (nSPS) is 18.2. The molecular weight excluding hydrogens is 274 g/mol. The number of nitrogens with one attached hydrogen (secondary N) is 2. The number of carbonyl (C=O) groups is 1. The SMILES string of the molecule is CCC(C#N)NC(=O)C(NC1CCCCC1)c1ccccc1. The van der Waals surface area contributed by atoms with Gasteiger partial charge < -0.3 is 5.32 Å². The van der Waals surface area contributed by atoms with Crippen LogP contribution in [0.25, 0.3) is 0 Å². The highest BCUT2D eigenvalue weighted by atomic mass is 16.2. The summed E-state index contributed by atoms with van der Waals surface area (Å²) in [6.45, 7) is 1.90. The van der Waals surface area contributed by atoms with Crippen molar-refractivity contribution in [3.05, 3.63) is 35.9 Å². The number of carbonyl (C=O) groups excluding carboxylic acids is 1. The summed E-state index contributed by atoms with van der Waals surface area (Å²) < 4.78 is 0. The van der Waals surface area contributed by atoms with E-state index in [0.29, 0.717) is 12.5 Å². The van der Waals surface area contributed by atoms with Crippen molar-refractivity contribution in [3.8, 4) is 6.07 Å². The molecule has 0 spiro atoms. The molecule has 1 amide bonds. The van der Waals surface area contributed by atoms with Gasteiger partial charge in [0.1, 0.15) is 12.1 Å². The van der Waals surface area contributed by atoms with Crippen LogP contribution >= 0.6 is 0 Å². The highest BCUT2D eigenvalue weighted by Crippen LogP contribution is 2.22. The van der Waals surface area contributed by atoms with E-state index >= 15 is 0 Å². The Kier molecular flexibility index (Phi) is 6.42. The molecule has 1 aliphatic rings. The molecule has 1 aliphatic carbocycles. The van der Waals surface area contributed by atoms with Gasteiger partial charge in [-0.05, 0) is 24.8 Å². The lowest BCUT2D eigenvalue weighted by molar-refractivity contribution is -0.124. The number of hydrogen-bond donors (Lipinski definition) is 2. The fraction of sp³-hybridized carbons (Fsp3) is 0.556. The van der Waals surface area contributed by atoms with Crippen molar-refractivity contribution in [2.24, 2.45) is 0 Å². The van der Waals surface area contributed by atoms with E-state index in [-0.39, 0.29) is 11.9 Å². The van der Waals surface area contributed by atoms with Gasteiger partial charge in [-0.3, -0.25) is 10.1 Å². The van der Waals surface area contributed by atoms with Gasteiger partial charge in [-0.15, -0.1) is 0 Å². The topological polar surface area (TPSA) is 64.9 Å². The average Bonchev–Trinajstić information content (AvgIpc) is 2.59. The van der Waals surface area contributed by atoms with Crippen molar-refractivity contribution in [1.82, 2.24) is 10.6 Å². The molecule has 2 unspecified atom stereocenters. The van der Waals surface area contributed by atoms with Crippen LogP contribution in [0.15, 0.2) is 30.3 Å². The highest BCUT2D eigenvalue weighted by molar-refractivity contribution is 5.83. The standard InChI is InChI=1S/C18H25N3O/c1-2-15(13-19)21-18(22)17(14-9-5-3-6-10-14)20-16-11-7-4-8-12-16/h3,5-6,9-10,15-17,20H,2,4,7-8,11-12H2,1H3,(H,21,22). The molecule has 2 N–H and O–H groups in total. The first kappa shape index (κ1) is 16.5. The van der Waals surface area contributed by atoms with Crippen LogP contribution < -0.4 is 10.6 Å². The van der Waals surface area contributed by atoms with Crippen molar-refractivity contribution in [3.63, 3.8) is 0 Å². The van der Waals surface area contributed by atoms with Gasteiger partial charge in [0.05, 0.1) is 6.07 Å². The van der Waals surface area contributed by atoms with Crippen molar-refractivity contribution >= 4 is 5.91 Å². The number of nitriles is 1. The molecule has 0 saturated heterocycles. The Bertz CT molecular complexity index is 503. The maximum absolute atomic E-state index is 12.6. The maximum Gasteiger partial charge on any atom is 0.242 e. The van der Waals surface area contributed by atoms with Gasteiger partial charge in [0.25, 0.3) is 0 Å². The summed E-state index contributed by atoms with van der Waals surface area (Å²) >= 11 is 0. The van der Waals surface area contributed by atoms with E-state index in [1.165, 1.54) is 19.3 Å². The highest BCUT2D eigenvalue weighted by Gasteiger charge is 2.26. The number of nitrogens with zero attached hydrogens (tertiary/aromatic N) is 1. The smallest absolute Gasteiger partial charge is 0.242 e. The zero-order chi connectivity index (χ0) is 15.8. The Hall–Kier alpha value is -1.86. The van der Waals surface area contributed by atoms with Crippen LogP contribution in [-0.2, 0) is 4.79 Å². The van der Waals surface area contributed by atoms with Crippen LogP contribution in [0.4, 0.5) is 0 Å². The molecule has 1 aromatic carbocycles. The molecule has 1 saturated carbocycles. The van der Waals surface area contributed by atoms with E-state index < -0.39 is 6.04 Å². The van der Waals surface area contributed by atoms with Crippen LogP contribution in [-0.4, -0.2) is 18.0 Å². The minimum absolute atomic E-state index is 0.106. The van der Waals surface area contributed by atoms with Crippen molar-refractivity contribution in [2.75, 3.05) is 0 Å². The molecule has 0 radical (unpaired) electrons. The van der Waals surface area contributed by atoms with E-state index in [9.17, 15) is 4.79 Å². The molecule has 22 heavy (non-hydrogen) atoms. The largest absolute Gasteiger partial charge is 0.339 e. The van der Waals surface area contributed by atoms with Gasteiger partial charge in [-0.2, -0.15) is 5.26 Å². The predicted octanol–water partition coefficient (Wildman–Crippen LogP) is 3.07. The third kappa shape index (κ3) is 4.57. The molecule has 4 nitrogen and oxygen atoms in total. The molecule has 2 rings (SSSR count). The molecule has 0 heterocycles. The minimum atomic E-state index is -0.424. The molecule has 118 valence electrons. The molecule has 0 aliphatic heterocycles. The van der Waals surface area contributed by atoms with Crippen molar-refractivity contribution in [1.29, 1.82) is 5.26 Å². The van der Waals surface area contributed by atoms with Gasteiger partial charge in [0.15, 0.2) is 0 Å². The Labute approximate surface area is 132 Å². The molecule has 1 fully saturated rings. The van der Waals surface area contributed by atoms with Crippen LogP contribution in [0, 0.1) is 11.3 Å². The molecule has 2 atom stereocenters. The van der Waals surface area contributed by atoms with Gasteiger partial charge in [0, 0.05) is 6.04 Å². The first-order valence-corrected chi connectivity index (χ1v) is 8.25. The first-order chi connectivity index (χ1) is 10.7. The van der Waals surface area contributed by atoms with Crippen molar-refractivity contribution in [2.45, 2.75) is 63.6 Å². The quantitative estimate of drug-likeness (QED) is 0.848. The Morgan fingerprint density at radius 1 is 1.27 bits per heavy atom. The number of benzene rings is 1.